The van der Waals surface area contributed by atoms with Crippen molar-refractivity contribution in [3.05, 3.63) is 27.7 Å². The lowest BCUT2D eigenvalue weighted by Gasteiger charge is -2.34. The summed E-state index contributed by atoms with van der Waals surface area (Å²) in [5.41, 5.74) is 5.79. The molecule has 0 aliphatic carbocycles. The summed E-state index contributed by atoms with van der Waals surface area (Å²) < 4.78 is 5.00. The minimum Gasteiger partial charge on any atom is -0.452 e. The van der Waals surface area contributed by atoms with Crippen LogP contribution in [0.1, 0.15) is 17.3 Å². The smallest absolute Gasteiger partial charge is 0.340 e. The van der Waals surface area contributed by atoms with E-state index in [1.165, 1.54) is 19.1 Å². The zero-order valence-corrected chi connectivity index (χ0v) is 14.6. The average molecular weight is 374 g/mol. The summed E-state index contributed by atoms with van der Waals surface area (Å²) in [7, 11) is 0. The number of carbonyl (C=O) groups is 3. The number of carbonyl (C=O) groups excluding carboxylic acids is 3. The second-order valence-electron chi connectivity index (χ2n) is 5.31. The Morgan fingerprint density at radius 2 is 1.71 bits per heavy atom. The lowest BCUT2D eigenvalue weighted by atomic mass is 10.2. The second kappa shape index (κ2) is 7.72. The fourth-order valence-corrected chi connectivity index (χ4v) is 2.81. The van der Waals surface area contributed by atoms with Gasteiger partial charge >= 0.3 is 5.97 Å². The topological polar surface area (TPSA) is 92.9 Å². The number of nitrogens with zero attached hydrogens (tertiary/aromatic N) is 2. The maximum absolute atomic E-state index is 12.1. The third kappa shape index (κ3) is 4.30. The number of hydrogen-bond donors (Lipinski definition) is 1. The number of nitrogen functional groups attached to an aromatic ring is 1. The van der Waals surface area contributed by atoms with Gasteiger partial charge in [0.15, 0.2) is 6.61 Å². The van der Waals surface area contributed by atoms with Crippen LogP contribution in [0.5, 0.6) is 0 Å². The molecule has 1 aliphatic rings. The Kier molecular flexibility index (Phi) is 5.90. The zero-order chi connectivity index (χ0) is 17.9. The summed E-state index contributed by atoms with van der Waals surface area (Å²) in [6.07, 6.45) is 0. The molecule has 0 bridgehead atoms. The Morgan fingerprint density at radius 1 is 1.12 bits per heavy atom. The van der Waals surface area contributed by atoms with E-state index in [2.05, 4.69) is 0 Å². The Hall–Kier alpha value is -1.99. The number of nitrogens with two attached hydrogens (primary N) is 1. The van der Waals surface area contributed by atoms with Crippen LogP contribution in [0.15, 0.2) is 12.1 Å². The van der Waals surface area contributed by atoms with E-state index in [-0.39, 0.29) is 33.1 Å². The summed E-state index contributed by atoms with van der Waals surface area (Å²) in [6.45, 7) is 2.81. The van der Waals surface area contributed by atoms with E-state index >= 15 is 0 Å². The quantitative estimate of drug-likeness (QED) is 0.638. The molecule has 0 radical (unpaired) electrons. The van der Waals surface area contributed by atoms with Crippen LogP contribution >= 0.6 is 23.2 Å². The highest BCUT2D eigenvalue weighted by atomic mass is 35.5. The highest BCUT2D eigenvalue weighted by Crippen LogP contribution is 2.28. The molecule has 1 saturated heterocycles. The van der Waals surface area contributed by atoms with Crippen LogP contribution < -0.4 is 5.73 Å². The Bertz CT molecular complexity index is 673. The summed E-state index contributed by atoms with van der Waals surface area (Å²) in [5, 5.41) is 0.383. The molecule has 7 nitrogen and oxygen atoms in total. The molecule has 0 aromatic heterocycles. The van der Waals surface area contributed by atoms with Gasteiger partial charge in [-0.25, -0.2) is 4.79 Å². The van der Waals surface area contributed by atoms with Gasteiger partial charge in [0.2, 0.25) is 5.91 Å². The van der Waals surface area contributed by atoms with Gasteiger partial charge < -0.3 is 20.3 Å². The van der Waals surface area contributed by atoms with Crippen molar-refractivity contribution in [2.24, 2.45) is 0 Å². The fraction of sp³-hybridized carbons (Fsp3) is 0.400. The molecular formula is C15H17Cl2N3O4. The lowest BCUT2D eigenvalue weighted by molar-refractivity contribution is -0.140. The Balaban J connectivity index is 1.91. The van der Waals surface area contributed by atoms with Gasteiger partial charge in [0.25, 0.3) is 5.91 Å². The van der Waals surface area contributed by atoms with Gasteiger partial charge in [-0.1, -0.05) is 23.2 Å². The molecule has 1 fully saturated rings. The molecule has 1 aliphatic heterocycles. The molecule has 24 heavy (non-hydrogen) atoms. The van der Waals surface area contributed by atoms with Crippen molar-refractivity contribution in [2.75, 3.05) is 38.5 Å². The van der Waals surface area contributed by atoms with Crippen LogP contribution in [-0.4, -0.2) is 60.4 Å². The number of benzene rings is 1. The van der Waals surface area contributed by atoms with Gasteiger partial charge in [0.1, 0.15) is 0 Å². The number of hydrogen-bond acceptors (Lipinski definition) is 5. The minimum atomic E-state index is -0.771. The van der Waals surface area contributed by atoms with Crippen LogP contribution in [0.25, 0.3) is 0 Å². The number of rotatable bonds is 3. The van der Waals surface area contributed by atoms with Gasteiger partial charge in [-0.2, -0.15) is 0 Å². The van der Waals surface area contributed by atoms with E-state index in [0.717, 1.165) is 0 Å². The highest BCUT2D eigenvalue weighted by Gasteiger charge is 2.24. The second-order valence-corrected chi connectivity index (χ2v) is 6.16. The summed E-state index contributed by atoms with van der Waals surface area (Å²) in [4.78, 5) is 38.6. The third-order valence-electron chi connectivity index (χ3n) is 3.72. The first-order valence-corrected chi connectivity index (χ1v) is 8.00. The van der Waals surface area contributed by atoms with E-state index in [1.807, 2.05) is 0 Å². The molecule has 1 heterocycles. The van der Waals surface area contributed by atoms with Gasteiger partial charge in [0.05, 0.1) is 16.3 Å². The monoisotopic (exact) mass is 373 g/mol. The first kappa shape index (κ1) is 18.4. The van der Waals surface area contributed by atoms with Gasteiger partial charge in [-0.05, 0) is 12.1 Å². The average Bonchev–Trinajstić information content (AvgIpc) is 2.55. The Labute approximate surface area is 149 Å². The minimum absolute atomic E-state index is 0.0155. The fourth-order valence-electron chi connectivity index (χ4n) is 2.32. The molecule has 9 heteroatoms. The van der Waals surface area contributed by atoms with Gasteiger partial charge in [-0.3, -0.25) is 9.59 Å². The van der Waals surface area contributed by atoms with Crippen LogP contribution in [0.2, 0.25) is 10.0 Å². The molecular weight excluding hydrogens is 357 g/mol. The van der Waals surface area contributed by atoms with Crippen molar-refractivity contribution in [3.63, 3.8) is 0 Å². The standard InChI is InChI=1S/C15H17Cl2N3O4/c1-9(21)19-2-4-20(5-3-19)13(22)8-24-15(23)11-6-10(16)7-12(17)14(11)18/h6-7H,2-5,8,18H2,1H3. The molecule has 1 aromatic rings. The number of halogens is 2. The SMILES string of the molecule is CC(=O)N1CCN(C(=O)COC(=O)c2cc(Cl)cc(Cl)c2N)CC1. The van der Waals surface area contributed by atoms with Gasteiger partial charge in [0, 0.05) is 38.1 Å². The third-order valence-corrected chi connectivity index (χ3v) is 4.25. The molecule has 2 N–H and O–H groups in total. The number of esters is 1. The largest absolute Gasteiger partial charge is 0.452 e. The molecule has 0 atom stereocenters. The molecule has 2 rings (SSSR count). The maximum atomic E-state index is 12.1. The molecule has 130 valence electrons. The summed E-state index contributed by atoms with van der Waals surface area (Å²) in [6, 6.07) is 2.75. The molecule has 0 unspecified atom stereocenters. The van der Waals surface area contributed by atoms with E-state index in [9.17, 15) is 14.4 Å². The normalized spacial score (nSPS) is 14.5. The summed E-state index contributed by atoms with van der Waals surface area (Å²) in [5.74, 6) is -1.13. The molecule has 2 amide bonds. The Morgan fingerprint density at radius 3 is 2.29 bits per heavy atom. The van der Waals surface area contributed by atoms with Crippen molar-refractivity contribution < 1.29 is 19.1 Å². The van der Waals surface area contributed by atoms with Crippen LogP contribution in [0.4, 0.5) is 5.69 Å². The van der Waals surface area contributed by atoms with Gasteiger partial charge in [-0.15, -0.1) is 0 Å². The molecule has 1 aromatic carbocycles. The molecule has 0 spiro atoms. The predicted molar refractivity (Wildman–Crippen MR) is 90.0 cm³/mol. The lowest BCUT2D eigenvalue weighted by Crippen LogP contribution is -2.51. The maximum Gasteiger partial charge on any atom is 0.340 e. The van der Waals surface area contributed by atoms with E-state index in [0.29, 0.717) is 26.2 Å². The van der Waals surface area contributed by atoms with E-state index < -0.39 is 12.6 Å². The van der Waals surface area contributed by atoms with Crippen LogP contribution in [0.3, 0.4) is 0 Å². The number of amides is 2. The zero-order valence-electron chi connectivity index (χ0n) is 13.1. The summed E-state index contributed by atoms with van der Waals surface area (Å²) >= 11 is 11.7. The predicted octanol–water partition coefficient (Wildman–Crippen LogP) is 1.42. The van der Waals surface area contributed by atoms with Crippen molar-refractivity contribution in [1.29, 1.82) is 0 Å². The molecule has 0 saturated carbocycles. The van der Waals surface area contributed by atoms with Crippen molar-refractivity contribution in [1.82, 2.24) is 9.80 Å². The van der Waals surface area contributed by atoms with Crippen molar-refractivity contribution in [3.8, 4) is 0 Å². The number of ether oxygens (including phenoxy) is 1. The first-order chi connectivity index (χ1) is 11.3. The number of piperazine rings is 1. The van der Waals surface area contributed by atoms with Crippen LogP contribution in [0, 0.1) is 0 Å². The van der Waals surface area contributed by atoms with Crippen molar-refractivity contribution in [2.45, 2.75) is 6.92 Å². The van der Waals surface area contributed by atoms with E-state index in [4.69, 9.17) is 33.7 Å². The van der Waals surface area contributed by atoms with E-state index in [1.54, 1.807) is 9.80 Å². The van der Waals surface area contributed by atoms with Crippen LogP contribution in [-0.2, 0) is 14.3 Å². The highest BCUT2D eigenvalue weighted by molar-refractivity contribution is 6.37. The van der Waals surface area contributed by atoms with Crippen molar-refractivity contribution >= 4 is 46.7 Å². The first-order valence-electron chi connectivity index (χ1n) is 7.24. The number of anilines is 1.